The molecule has 0 spiro atoms. The number of carbonyl (C=O) groups is 1. The van der Waals surface area contributed by atoms with E-state index >= 15 is 0 Å². The third-order valence-corrected chi connectivity index (χ3v) is 3.10. The zero-order valence-electron chi connectivity index (χ0n) is 11.3. The molecule has 0 radical (unpaired) electrons. The summed E-state index contributed by atoms with van der Waals surface area (Å²) >= 11 is 0. The summed E-state index contributed by atoms with van der Waals surface area (Å²) in [5.74, 6) is 0.833. The molecular formula is C14H20N2O3. The van der Waals surface area contributed by atoms with E-state index in [1.807, 2.05) is 25.1 Å². The fourth-order valence-electron chi connectivity index (χ4n) is 2.06. The molecule has 2 rings (SSSR count). The topological polar surface area (TPSA) is 70.6 Å². The minimum absolute atomic E-state index is 0.110. The highest BCUT2D eigenvalue weighted by molar-refractivity contribution is 5.74. The highest BCUT2D eigenvalue weighted by Crippen LogP contribution is 2.32. The second kappa shape index (κ2) is 5.93. The van der Waals surface area contributed by atoms with Crippen molar-refractivity contribution in [2.45, 2.75) is 32.4 Å². The number of nitrogens with one attached hydrogen (secondary N) is 2. The lowest BCUT2D eigenvalue weighted by Gasteiger charge is -2.13. The molecule has 1 heterocycles. The normalized spacial score (nSPS) is 18.4. The summed E-state index contributed by atoms with van der Waals surface area (Å²) in [6.45, 7) is 4.63. The van der Waals surface area contributed by atoms with Crippen LogP contribution in [-0.2, 0) is 0 Å². The van der Waals surface area contributed by atoms with Gasteiger partial charge in [-0.3, -0.25) is 0 Å². The van der Waals surface area contributed by atoms with Gasteiger partial charge in [0.05, 0.1) is 12.1 Å². The molecule has 1 aromatic rings. The second-order valence-corrected chi connectivity index (χ2v) is 4.94. The first kappa shape index (κ1) is 13.7. The van der Waals surface area contributed by atoms with Crippen molar-refractivity contribution in [1.29, 1.82) is 0 Å². The largest absolute Gasteiger partial charge is 0.491 e. The Morgan fingerprint density at radius 1 is 1.58 bits per heavy atom. The Kier molecular flexibility index (Phi) is 4.27. The third-order valence-electron chi connectivity index (χ3n) is 3.10. The molecule has 1 aliphatic rings. The molecular weight excluding hydrogens is 244 g/mol. The summed E-state index contributed by atoms with van der Waals surface area (Å²) in [5.41, 5.74) is 2.16. The van der Waals surface area contributed by atoms with Gasteiger partial charge in [-0.2, -0.15) is 0 Å². The Bertz CT molecular complexity index is 460. The molecule has 0 fully saturated rings. The molecule has 0 saturated heterocycles. The summed E-state index contributed by atoms with van der Waals surface area (Å²) < 4.78 is 5.53. The molecule has 2 amide bonds. The maximum atomic E-state index is 11.7. The van der Waals surface area contributed by atoms with Crippen LogP contribution in [0.15, 0.2) is 18.2 Å². The number of hydrogen-bond donors (Lipinski definition) is 3. The lowest BCUT2D eigenvalue weighted by atomic mass is 10.1. The van der Waals surface area contributed by atoms with E-state index in [4.69, 9.17) is 9.84 Å². The van der Waals surface area contributed by atoms with Gasteiger partial charge in [0.25, 0.3) is 0 Å². The quantitative estimate of drug-likeness (QED) is 0.771. The molecule has 0 aromatic heterocycles. The first-order valence-electron chi connectivity index (χ1n) is 6.52. The van der Waals surface area contributed by atoms with Crippen molar-refractivity contribution < 1.29 is 14.6 Å². The monoisotopic (exact) mass is 264 g/mol. The summed E-state index contributed by atoms with van der Waals surface area (Å²) in [4.78, 5) is 11.7. The van der Waals surface area contributed by atoms with Gasteiger partial charge in [-0.15, -0.1) is 0 Å². The summed E-state index contributed by atoms with van der Waals surface area (Å²) in [5, 5.41) is 14.7. The van der Waals surface area contributed by atoms with Crippen molar-refractivity contribution in [3.05, 3.63) is 29.3 Å². The number of urea groups is 1. The smallest absolute Gasteiger partial charge is 0.315 e. The Hall–Kier alpha value is -1.75. The summed E-state index contributed by atoms with van der Waals surface area (Å²) in [6, 6.07) is 5.61. The van der Waals surface area contributed by atoms with Crippen molar-refractivity contribution in [2.75, 3.05) is 13.2 Å². The number of fused-ring (bicyclic) bond motifs is 1. The zero-order chi connectivity index (χ0) is 13.8. The number of aliphatic hydroxyl groups excluding tert-OH is 1. The standard InChI is InChI=1S/C14H20N2O3/c1-9-3-4-13-11(7-9)12(8-19-13)16-14(18)15-6-5-10(2)17/h3-4,7,10,12,17H,5-6,8H2,1-2H3,(H2,15,16,18). The van der Waals surface area contributed by atoms with E-state index in [1.165, 1.54) is 0 Å². The molecule has 5 nitrogen and oxygen atoms in total. The average molecular weight is 264 g/mol. The predicted molar refractivity (Wildman–Crippen MR) is 72.2 cm³/mol. The van der Waals surface area contributed by atoms with Crippen molar-refractivity contribution in [3.8, 4) is 5.75 Å². The van der Waals surface area contributed by atoms with Gasteiger partial charge < -0.3 is 20.5 Å². The molecule has 0 saturated carbocycles. The number of aliphatic hydroxyl groups is 1. The van der Waals surface area contributed by atoms with E-state index in [-0.39, 0.29) is 12.1 Å². The Labute approximate surface area is 113 Å². The van der Waals surface area contributed by atoms with E-state index in [1.54, 1.807) is 6.92 Å². The fourth-order valence-corrected chi connectivity index (χ4v) is 2.06. The van der Waals surface area contributed by atoms with Crippen molar-refractivity contribution in [1.82, 2.24) is 10.6 Å². The lowest BCUT2D eigenvalue weighted by Crippen LogP contribution is -2.39. The number of amides is 2. The Morgan fingerprint density at radius 3 is 3.11 bits per heavy atom. The van der Waals surface area contributed by atoms with Gasteiger partial charge in [0.2, 0.25) is 0 Å². The van der Waals surface area contributed by atoms with Crippen molar-refractivity contribution in [2.24, 2.45) is 0 Å². The molecule has 2 unspecified atom stereocenters. The van der Waals surface area contributed by atoms with E-state index in [2.05, 4.69) is 10.6 Å². The van der Waals surface area contributed by atoms with Gasteiger partial charge >= 0.3 is 6.03 Å². The van der Waals surface area contributed by atoms with Crippen LogP contribution in [0.4, 0.5) is 4.79 Å². The highest BCUT2D eigenvalue weighted by Gasteiger charge is 2.25. The van der Waals surface area contributed by atoms with Gasteiger partial charge in [-0.1, -0.05) is 17.7 Å². The van der Waals surface area contributed by atoms with Gasteiger partial charge in [0.15, 0.2) is 0 Å². The van der Waals surface area contributed by atoms with E-state index < -0.39 is 6.10 Å². The van der Waals surface area contributed by atoms with E-state index in [9.17, 15) is 4.79 Å². The number of ether oxygens (including phenoxy) is 1. The van der Waals surface area contributed by atoms with E-state index in [0.29, 0.717) is 19.6 Å². The maximum absolute atomic E-state index is 11.7. The summed E-state index contributed by atoms with van der Waals surface area (Å²) in [7, 11) is 0. The zero-order valence-corrected chi connectivity index (χ0v) is 11.3. The Morgan fingerprint density at radius 2 is 2.37 bits per heavy atom. The summed E-state index contributed by atoms with van der Waals surface area (Å²) in [6.07, 6.45) is 0.142. The second-order valence-electron chi connectivity index (χ2n) is 4.94. The molecule has 1 aliphatic heterocycles. The fraction of sp³-hybridized carbons (Fsp3) is 0.500. The van der Waals surface area contributed by atoms with Gasteiger partial charge in [0.1, 0.15) is 12.4 Å². The molecule has 0 bridgehead atoms. The number of carbonyl (C=O) groups excluding carboxylic acids is 1. The van der Waals surface area contributed by atoms with Crippen molar-refractivity contribution in [3.63, 3.8) is 0 Å². The lowest BCUT2D eigenvalue weighted by molar-refractivity contribution is 0.183. The first-order valence-corrected chi connectivity index (χ1v) is 6.52. The minimum Gasteiger partial charge on any atom is -0.491 e. The third kappa shape index (κ3) is 3.61. The van der Waals surface area contributed by atoms with Crippen LogP contribution in [0.25, 0.3) is 0 Å². The highest BCUT2D eigenvalue weighted by atomic mass is 16.5. The van der Waals surface area contributed by atoms with Crippen LogP contribution >= 0.6 is 0 Å². The SMILES string of the molecule is Cc1ccc2c(c1)C(NC(=O)NCCC(C)O)CO2. The number of aryl methyl sites for hydroxylation is 1. The van der Waals surface area contributed by atoms with Crippen LogP contribution in [0.2, 0.25) is 0 Å². The number of rotatable bonds is 4. The number of hydrogen-bond acceptors (Lipinski definition) is 3. The van der Waals surface area contributed by atoms with Crippen molar-refractivity contribution >= 4 is 6.03 Å². The van der Waals surface area contributed by atoms with Crippen LogP contribution in [0.3, 0.4) is 0 Å². The van der Waals surface area contributed by atoms with Crippen LogP contribution in [-0.4, -0.2) is 30.4 Å². The van der Waals surface area contributed by atoms with E-state index in [0.717, 1.165) is 16.9 Å². The maximum Gasteiger partial charge on any atom is 0.315 e. The Balaban J connectivity index is 1.88. The van der Waals surface area contributed by atoms with Crippen LogP contribution in [0, 0.1) is 6.92 Å². The van der Waals surface area contributed by atoms with Crippen LogP contribution in [0.5, 0.6) is 5.75 Å². The minimum atomic E-state index is -0.404. The van der Waals surface area contributed by atoms with Crippen LogP contribution in [0.1, 0.15) is 30.5 Å². The van der Waals surface area contributed by atoms with Gasteiger partial charge in [-0.05, 0) is 26.3 Å². The van der Waals surface area contributed by atoms with Gasteiger partial charge in [0, 0.05) is 12.1 Å². The molecule has 104 valence electrons. The molecule has 19 heavy (non-hydrogen) atoms. The molecule has 5 heteroatoms. The first-order chi connectivity index (χ1) is 9.06. The molecule has 3 N–H and O–H groups in total. The average Bonchev–Trinajstić information content (AvgIpc) is 2.71. The molecule has 0 aliphatic carbocycles. The molecule has 2 atom stereocenters. The molecule has 1 aromatic carbocycles. The predicted octanol–water partition coefficient (Wildman–Crippen LogP) is 1.50. The van der Waals surface area contributed by atoms with Gasteiger partial charge in [-0.25, -0.2) is 4.79 Å². The van der Waals surface area contributed by atoms with Crippen LogP contribution < -0.4 is 15.4 Å². The number of benzene rings is 1.